The standard InChI is InChI=1S/C30H31N3O3SSi/c1-7-31-26(34)19(27(35)32(8-2)29(31)36)16-18-17-21-28(37-18)33-22-13-9-10-14-23(22)38(5,6)24-15-11-12-20(25(24)33)30(21,3)4/h9-17H,7-8H2,1-6H3. The van der Waals surface area contributed by atoms with Crippen molar-refractivity contribution >= 4 is 70.1 Å². The van der Waals surface area contributed by atoms with Gasteiger partial charge in [0, 0.05) is 29.1 Å². The van der Waals surface area contributed by atoms with Gasteiger partial charge in [0.05, 0.1) is 5.69 Å². The lowest BCUT2D eigenvalue weighted by atomic mass is 9.75. The molecule has 1 aromatic heterocycles. The first-order chi connectivity index (χ1) is 18.0. The fourth-order valence-electron chi connectivity index (χ4n) is 6.22. The summed E-state index contributed by atoms with van der Waals surface area (Å²) < 4.78 is 0. The predicted octanol–water partition coefficient (Wildman–Crippen LogP) is 5.21. The van der Waals surface area contributed by atoms with Gasteiger partial charge in [-0.1, -0.05) is 63.3 Å². The van der Waals surface area contributed by atoms with Crippen LogP contribution in [0.5, 0.6) is 0 Å². The van der Waals surface area contributed by atoms with Crippen LogP contribution in [0.3, 0.4) is 0 Å². The number of fused-ring (bicyclic) bond motifs is 4. The zero-order valence-corrected chi connectivity index (χ0v) is 24.4. The largest absolute Gasteiger partial charge is 0.333 e. The number of barbiturate groups is 1. The van der Waals surface area contributed by atoms with E-state index in [-0.39, 0.29) is 24.1 Å². The molecule has 0 spiro atoms. The number of hydrogen-bond donors (Lipinski definition) is 0. The van der Waals surface area contributed by atoms with E-state index >= 15 is 0 Å². The van der Waals surface area contributed by atoms with Gasteiger partial charge in [0.1, 0.15) is 18.6 Å². The second kappa shape index (κ2) is 8.25. The van der Waals surface area contributed by atoms with Crippen molar-refractivity contribution in [3.8, 4) is 0 Å². The van der Waals surface area contributed by atoms with Crippen molar-refractivity contribution < 1.29 is 14.4 Å². The Kier molecular flexibility index (Phi) is 5.39. The summed E-state index contributed by atoms with van der Waals surface area (Å²) in [5, 5.41) is 3.94. The molecule has 1 fully saturated rings. The Morgan fingerprint density at radius 2 is 1.50 bits per heavy atom. The average molecular weight is 542 g/mol. The molecule has 4 heterocycles. The SMILES string of the molecule is CCN1C(=O)C(=Cc2cc3c(s2)N2c4ccccc4[Si](C)(C)c4cccc(c42)C3(C)C)C(=O)N(CC)C1=O. The van der Waals surface area contributed by atoms with E-state index in [1.165, 1.54) is 32.9 Å². The van der Waals surface area contributed by atoms with E-state index < -0.39 is 25.9 Å². The summed E-state index contributed by atoms with van der Waals surface area (Å²) in [4.78, 5) is 44.5. The quantitative estimate of drug-likeness (QED) is 0.260. The molecule has 38 heavy (non-hydrogen) atoms. The Labute approximate surface area is 228 Å². The smallest absolute Gasteiger partial charge is 0.302 e. The number of para-hydroxylation sites is 2. The van der Waals surface area contributed by atoms with Crippen LogP contribution in [0.1, 0.15) is 43.7 Å². The van der Waals surface area contributed by atoms with Crippen molar-refractivity contribution in [1.82, 2.24) is 9.80 Å². The van der Waals surface area contributed by atoms with Crippen LogP contribution in [0, 0.1) is 0 Å². The zero-order valence-electron chi connectivity index (χ0n) is 22.6. The van der Waals surface area contributed by atoms with E-state index in [9.17, 15) is 14.4 Å². The number of carbonyl (C=O) groups is 3. The predicted molar refractivity (Wildman–Crippen MR) is 156 cm³/mol. The van der Waals surface area contributed by atoms with Crippen LogP contribution in [0.15, 0.2) is 54.1 Å². The van der Waals surface area contributed by atoms with Crippen LogP contribution in [-0.2, 0) is 15.0 Å². The van der Waals surface area contributed by atoms with E-state index in [0.29, 0.717) is 0 Å². The van der Waals surface area contributed by atoms with Gasteiger partial charge in [-0.2, -0.15) is 0 Å². The Hall–Kier alpha value is -3.49. The number of anilines is 3. The summed E-state index contributed by atoms with van der Waals surface area (Å²) in [7, 11) is -1.93. The number of rotatable bonds is 3. The van der Waals surface area contributed by atoms with Gasteiger partial charge < -0.3 is 4.90 Å². The van der Waals surface area contributed by atoms with Gasteiger partial charge in [0.2, 0.25) is 0 Å². The molecule has 0 N–H and O–H groups in total. The van der Waals surface area contributed by atoms with Gasteiger partial charge in [-0.05, 0) is 53.6 Å². The number of hydrogen-bond acceptors (Lipinski definition) is 5. The Bertz CT molecular complexity index is 1560. The van der Waals surface area contributed by atoms with Crippen molar-refractivity contribution in [2.75, 3.05) is 18.0 Å². The number of urea groups is 1. The van der Waals surface area contributed by atoms with Crippen LogP contribution in [0.25, 0.3) is 6.08 Å². The van der Waals surface area contributed by atoms with Gasteiger partial charge in [-0.15, -0.1) is 11.3 Å². The van der Waals surface area contributed by atoms with E-state index in [1.54, 1.807) is 31.3 Å². The summed E-state index contributed by atoms with van der Waals surface area (Å²) in [6.07, 6.45) is 1.68. The molecule has 0 radical (unpaired) electrons. The number of carbonyl (C=O) groups excluding carboxylic acids is 3. The minimum Gasteiger partial charge on any atom is -0.302 e. The normalized spacial score (nSPS) is 18.8. The van der Waals surface area contributed by atoms with Gasteiger partial charge >= 0.3 is 6.03 Å². The Morgan fingerprint density at radius 3 is 2.16 bits per heavy atom. The lowest BCUT2D eigenvalue weighted by Gasteiger charge is -2.47. The first-order valence-electron chi connectivity index (χ1n) is 13.1. The van der Waals surface area contributed by atoms with Crippen LogP contribution < -0.4 is 15.3 Å². The van der Waals surface area contributed by atoms with Gasteiger partial charge in [0.15, 0.2) is 0 Å². The summed E-state index contributed by atoms with van der Waals surface area (Å²) in [6, 6.07) is 17.0. The lowest BCUT2D eigenvalue weighted by Crippen LogP contribution is -2.59. The van der Waals surface area contributed by atoms with E-state index in [2.05, 4.69) is 80.4 Å². The van der Waals surface area contributed by atoms with E-state index in [4.69, 9.17) is 0 Å². The second-order valence-corrected chi connectivity index (χ2v) is 16.5. The molecule has 0 unspecified atom stereocenters. The number of amides is 4. The van der Waals surface area contributed by atoms with Gasteiger partial charge in [0.25, 0.3) is 11.8 Å². The first-order valence-corrected chi connectivity index (χ1v) is 16.9. The molecule has 2 aromatic carbocycles. The highest BCUT2D eigenvalue weighted by Crippen LogP contribution is 2.56. The summed E-state index contributed by atoms with van der Waals surface area (Å²) >= 11 is 1.59. The summed E-state index contributed by atoms with van der Waals surface area (Å²) in [5.41, 5.74) is 4.73. The fraction of sp³-hybridized carbons (Fsp3) is 0.300. The zero-order chi connectivity index (χ0) is 27.1. The van der Waals surface area contributed by atoms with E-state index in [1.807, 2.05) is 0 Å². The van der Waals surface area contributed by atoms with Crippen LogP contribution >= 0.6 is 11.3 Å². The molecule has 8 heteroatoms. The van der Waals surface area contributed by atoms with Crippen molar-refractivity contribution in [1.29, 1.82) is 0 Å². The molecular formula is C30H31N3O3SSi. The molecule has 0 atom stereocenters. The monoisotopic (exact) mass is 541 g/mol. The van der Waals surface area contributed by atoms with Crippen molar-refractivity contribution in [3.05, 3.63) is 70.1 Å². The summed E-state index contributed by atoms with van der Waals surface area (Å²) in [5.74, 6) is -1.06. The number of imide groups is 2. The highest BCUT2D eigenvalue weighted by molar-refractivity contribution is 7.17. The maximum atomic E-state index is 13.2. The fourth-order valence-corrected chi connectivity index (χ4v) is 10.5. The number of thiophene rings is 1. The third-order valence-corrected chi connectivity index (χ3v) is 13.0. The Balaban J connectivity index is 1.57. The van der Waals surface area contributed by atoms with Gasteiger partial charge in [-0.25, -0.2) is 4.79 Å². The van der Waals surface area contributed by atoms with E-state index in [0.717, 1.165) is 19.7 Å². The first kappa shape index (κ1) is 24.8. The maximum absolute atomic E-state index is 13.2. The van der Waals surface area contributed by atoms with Crippen molar-refractivity contribution in [2.45, 2.75) is 46.2 Å². The topological polar surface area (TPSA) is 60.9 Å². The number of likely N-dealkylation sites (N-methyl/N-ethyl adjacent to an activating group) is 2. The van der Waals surface area contributed by atoms with Crippen LogP contribution in [-0.4, -0.2) is 48.8 Å². The molecule has 0 bridgehead atoms. The molecule has 3 aromatic rings. The van der Waals surface area contributed by atoms with Crippen molar-refractivity contribution in [2.24, 2.45) is 0 Å². The average Bonchev–Trinajstić information content (AvgIpc) is 3.32. The molecule has 194 valence electrons. The molecule has 0 aliphatic carbocycles. The molecule has 6 rings (SSSR count). The number of nitrogens with zero attached hydrogens (tertiary/aromatic N) is 3. The molecule has 4 amide bonds. The highest BCUT2D eigenvalue weighted by Gasteiger charge is 2.47. The molecule has 0 saturated carbocycles. The molecule has 1 saturated heterocycles. The maximum Gasteiger partial charge on any atom is 0.333 e. The molecular weight excluding hydrogens is 511 g/mol. The molecule has 3 aliphatic rings. The minimum absolute atomic E-state index is 0.0375. The highest BCUT2D eigenvalue weighted by atomic mass is 32.1. The van der Waals surface area contributed by atoms with Crippen LogP contribution in [0.2, 0.25) is 13.1 Å². The van der Waals surface area contributed by atoms with Gasteiger partial charge in [-0.3, -0.25) is 19.4 Å². The third-order valence-electron chi connectivity index (χ3n) is 8.36. The second-order valence-electron chi connectivity index (χ2n) is 11.1. The summed E-state index contributed by atoms with van der Waals surface area (Å²) in [6.45, 7) is 13.3. The van der Waals surface area contributed by atoms with Crippen molar-refractivity contribution in [3.63, 3.8) is 0 Å². The third kappa shape index (κ3) is 3.13. The Morgan fingerprint density at radius 1 is 0.868 bits per heavy atom. The molecule has 3 aliphatic heterocycles. The van der Waals surface area contributed by atoms with Crippen LogP contribution in [0.4, 0.5) is 21.2 Å². The molecule has 6 nitrogen and oxygen atoms in total. The lowest BCUT2D eigenvalue weighted by molar-refractivity contribution is -0.135. The minimum atomic E-state index is -1.93. The number of benzene rings is 2.